The molecule has 1 aliphatic heterocycles. The van der Waals surface area contributed by atoms with Crippen molar-refractivity contribution < 1.29 is 19.3 Å². The van der Waals surface area contributed by atoms with Gasteiger partial charge < -0.3 is 34.9 Å². The summed E-state index contributed by atoms with van der Waals surface area (Å²) in [5.74, 6) is 2.50. The smallest absolute Gasteiger partial charge is 0.151 e. The van der Waals surface area contributed by atoms with Crippen molar-refractivity contribution in [2.45, 2.75) is 39.4 Å². The summed E-state index contributed by atoms with van der Waals surface area (Å²) in [7, 11) is 0. The van der Waals surface area contributed by atoms with Crippen LogP contribution in [0.25, 0.3) is 16.7 Å². The van der Waals surface area contributed by atoms with E-state index in [0.29, 0.717) is 36.3 Å². The zero-order valence-electron chi connectivity index (χ0n) is 21.7. The van der Waals surface area contributed by atoms with Crippen LogP contribution >= 0.6 is 0 Å². The molecule has 2 atom stereocenters. The van der Waals surface area contributed by atoms with Crippen LogP contribution < -0.4 is 20.5 Å². The number of aromatic nitrogens is 3. The van der Waals surface area contributed by atoms with Gasteiger partial charge in [-0.25, -0.2) is 9.97 Å². The molecule has 0 aliphatic carbocycles. The molecule has 0 spiro atoms. The highest BCUT2D eigenvalue weighted by atomic mass is 16.5. The fraction of sp³-hybridized carbons (Fsp3) is 0.200. The van der Waals surface area contributed by atoms with E-state index in [2.05, 4.69) is 19.9 Å². The minimum atomic E-state index is -0.683. The summed E-state index contributed by atoms with van der Waals surface area (Å²) in [6.07, 6.45) is 0.756. The van der Waals surface area contributed by atoms with Crippen LogP contribution in [0.3, 0.4) is 0 Å². The number of nitrogen functional groups attached to an aromatic ring is 1. The number of benzene rings is 3. The van der Waals surface area contributed by atoms with Crippen LogP contribution in [-0.2, 0) is 18.0 Å². The SMILES string of the molecule is CC(O)Nc1ccccc1OCc1cccc(Oc2ccc(-n3c4c(c5ncnc(N)c53)C(C)OC4)cc2)c1. The van der Waals surface area contributed by atoms with Crippen molar-refractivity contribution in [1.29, 1.82) is 0 Å². The van der Waals surface area contributed by atoms with Crippen molar-refractivity contribution >= 4 is 22.5 Å². The average molecular weight is 524 g/mol. The number of aliphatic hydroxyl groups excluding tert-OH is 1. The molecule has 0 saturated heterocycles. The Morgan fingerprint density at radius 3 is 2.72 bits per heavy atom. The molecule has 3 aromatic carbocycles. The van der Waals surface area contributed by atoms with Gasteiger partial charge in [-0.3, -0.25) is 0 Å². The highest BCUT2D eigenvalue weighted by Crippen LogP contribution is 2.41. The van der Waals surface area contributed by atoms with Gasteiger partial charge in [-0.05, 0) is 67.9 Å². The van der Waals surface area contributed by atoms with Crippen molar-refractivity contribution in [3.63, 3.8) is 0 Å². The molecule has 0 amide bonds. The number of anilines is 2. The van der Waals surface area contributed by atoms with Gasteiger partial charge in [0, 0.05) is 11.3 Å². The Bertz CT molecular complexity index is 1630. The van der Waals surface area contributed by atoms with Gasteiger partial charge in [0.25, 0.3) is 0 Å². The van der Waals surface area contributed by atoms with Crippen LogP contribution in [0.5, 0.6) is 17.2 Å². The normalized spacial score (nSPS) is 15.2. The molecule has 0 saturated carbocycles. The summed E-state index contributed by atoms with van der Waals surface area (Å²) in [5, 5.41) is 12.7. The second kappa shape index (κ2) is 10.3. The van der Waals surface area contributed by atoms with E-state index in [1.165, 1.54) is 6.33 Å². The minimum Gasteiger partial charge on any atom is -0.487 e. The lowest BCUT2D eigenvalue weighted by Crippen LogP contribution is -2.14. The van der Waals surface area contributed by atoms with Crippen molar-refractivity contribution in [1.82, 2.24) is 14.5 Å². The van der Waals surface area contributed by atoms with Gasteiger partial charge >= 0.3 is 0 Å². The Balaban J connectivity index is 1.20. The second-order valence-corrected chi connectivity index (χ2v) is 9.45. The van der Waals surface area contributed by atoms with Crippen LogP contribution in [0.2, 0.25) is 0 Å². The first kappa shape index (κ1) is 24.7. The minimum absolute atomic E-state index is 0.0557. The quantitative estimate of drug-likeness (QED) is 0.221. The van der Waals surface area contributed by atoms with E-state index in [9.17, 15) is 5.11 Å². The van der Waals surface area contributed by atoms with E-state index in [1.54, 1.807) is 6.92 Å². The third kappa shape index (κ3) is 4.85. The largest absolute Gasteiger partial charge is 0.487 e. The molecule has 39 heavy (non-hydrogen) atoms. The molecule has 9 heteroatoms. The predicted octanol–water partition coefficient (Wildman–Crippen LogP) is 5.72. The first-order chi connectivity index (χ1) is 19.0. The molecule has 6 rings (SSSR count). The van der Waals surface area contributed by atoms with Crippen molar-refractivity contribution in [3.8, 4) is 22.9 Å². The fourth-order valence-corrected chi connectivity index (χ4v) is 4.94. The maximum atomic E-state index is 9.67. The predicted molar refractivity (Wildman–Crippen MR) is 149 cm³/mol. The van der Waals surface area contributed by atoms with Gasteiger partial charge in [0.05, 0.1) is 24.1 Å². The number of nitrogens with two attached hydrogens (primary N) is 1. The summed E-state index contributed by atoms with van der Waals surface area (Å²) in [4.78, 5) is 8.72. The summed E-state index contributed by atoms with van der Waals surface area (Å²) in [5.41, 5.74) is 12.6. The van der Waals surface area contributed by atoms with Crippen LogP contribution in [0.15, 0.2) is 79.1 Å². The lowest BCUT2D eigenvalue weighted by Gasteiger charge is -2.15. The molecule has 5 aromatic rings. The van der Waals surface area contributed by atoms with Gasteiger partial charge in [-0.15, -0.1) is 0 Å². The third-order valence-corrected chi connectivity index (χ3v) is 6.66. The van der Waals surface area contributed by atoms with Gasteiger partial charge in [0.2, 0.25) is 0 Å². The van der Waals surface area contributed by atoms with Crippen LogP contribution in [-0.4, -0.2) is 25.9 Å². The lowest BCUT2D eigenvalue weighted by atomic mass is 10.1. The van der Waals surface area contributed by atoms with Crippen LogP contribution in [0.4, 0.5) is 11.5 Å². The highest BCUT2D eigenvalue weighted by Gasteiger charge is 2.30. The summed E-state index contributed by atoms with van der Waals surface area (Å²) >= 11 is 0. The van der Waals surface area contributed by atoms with Gasteiger partial charge in [0.15, 0.2) is 5.82 Å². The number of fused-ring (bicyclic) bond motifs is 3. The molecule has 4 N–H and O–H groups in total. The third-order valence-electron chi connectivity index (χ3n) is 6.66. The van der Waals surface area contributed by atoms with Crippen LogP contribution in [0.1, 0.15) is 36.8 Å². The number of nitrogens with one attached hydrogen (secondary N) is 1. The monoisotopic (exact) mass is 523 g/mol. The standard InChI is InChI=1S/C30H29N5O4/c1-18-27-25(16-37-18)35(29-28(27)32-17-33-30(29)31)21-10-12-22(13-11-21)39-23-7-5-6-20(14-23)15-38-26-9-4-3-8-24(26)34-19(2)36/h3-14,17-19,34,36H,15-16H2,1-2H3,(H2,31,32,33). The molecule has 2 aromatic heterocycles. The zero-order chi connectivity index (χ0) is 26.9. The number of hydrogen-bond acceptors (Lipinski definition) is 8. The zero-order valence-corrected chi connectivity index (χ0v) is 21.7. The average Bonchev–Trinajstić information content (AvgIpc) is 3.47. The Hall–Kier alpha value is -4.60. The second-order valence-electron chi connectivity index (χ2n) is 9.45. The van der Waals surface area contributed by atoms with E-state index in [0.717, 1.165) is 39.2 Å². The maximum absolute atomic E-state index is 9.67. The molecule has 0 bridgehead atoms. The summed E-state index contributed by atoms with van der Waals surface area (Å²) in [6.45, 7) is 4.52. The van der Waals surface area contributed by atoms with E-state index in [4.69, 9.17) is 19.9 Å². The first-order valence-corrected chi connectivity index (χ1v) is 12.8. The topological polar surface area (TPSA) is 117 Å². The van der Waals surface area contributed by atoms with Gasteiger partial charge in [-0.2, -0.15) is 0 Å². The Kier molecular flexibility index (Phi) is 6.52. The van der Waals surface area contributed by atoms with Crippen molar-refractivity contribution in [3.05, 3.63) is 95.9 Å². The molecule has 2 unspecified atom stereocenters. The molecule has 1 aliphatic rings. The molecule has 9 nitrogen and oxygen atoms in total. The Morgan fingerprint density at radius 1 is 1.08 bits per heavy atom. The number of hydrogen-bond donors (Lipinski definition) is 3. The van der Waals surface area contributed by atoms with Crippen molar-refractivity contribution in [2.75, 3.05) is 11.1 Å². The summed E-state index contributed by atoms with van der Waals surface area (Å²) in [6, 6.07) is 23.1. The molecular weight excluding hydrogens is 494 g/mol. The van der Waals surface area contributed by atoms with Crippen molar-refractivity contribution in [2.24, 2.45) is 0 Å². The molecule has 198 valence electrons. The fourth-order valence-electron chi connectivity index (χ4n) is 4.94. The van der Waals surface area contributed by atoms with Gasteiger partial charge in [0.1, 0.15) is 47.4 Å². The molecule has 0 fully saturated rings. The molecule has 0 radical (unpaired) electrons. The molecular formula is C30H29N5O4. The number of nitrogens with zero attached hydrogens (tertiary/aromatic N) is 3. The van der Waals surface area contributed by atoms with E-state index in [-0.39, 0.29) is 6.10 Å². The van der Waals surface area contributed by atoms with Gasteiger partial charge in [-0.1, -0.05) is 24.3 Å². The van der Waals surface area contributed by atoms with E-state index >= 15 is 0 Å². The van der Waals surface area contributed by atoms with E-state index in [1.807, 2.05) is 79.7 Å². The summed E-state index contributed by atoms with van der Waals surface area (Å²) < 4.78 is 20.1. The number of para-hydroxylation sites is 2. The highest BCUT2D eigenvalue weighted by molar-refractivity contribution is 5.91. The Morgan fingerprint density at radius 2 is 1.90 bits per heavy atom. The Labute approximate surface area is 225 Å². The first-order valence-electron chi connectivity index (χ1n) is 12.8. The van der Waals surface area contributed by atoms with E-state index < -0.39 is 6.23 Å². The number of rotatable bonds is 8. The number of aliphatic hydroxyl groups is 1. The molecule has 3 heterocycles. The number of ether oxygens (including phenoxy) is 3. The van der Waals surface area contributed by atoms with Crippen LogP contribution in [0, 0.1) is 0 Å². The lowest BCUT2D eigenvalue weighted by molar-refractivity contribution is 0.0783. The maximum Gasteiger partial charge on any atom is 0.151 e.